The van der Waals surface area contributed by atoms with E-state index in [0.29, 0.717) is 51.3 Å². The second-order valence-corrected chi connectivity index (χ2v) is 12.5. The average molecular weight is 533 g/mol. The van der Waals surface area contributed by atoms with Crippen molar-refractivity contribution in [1.29, 1.82) is 0 Å². The summed E-state index contributed by atoms with van der Waals surface area (Å²) in [5.74, 6) is -0.0735. The molecule has 1 aromatic heterocycles. The molecular formula is C28H28N4O3S2. The highest BCUT2D eigenvalue weighted by Crippen LogP contribution is 2.31. The number of aromatic nitrogens is 1. The maximum atomic E-state index is 13.3. The van der Waals surface area contributed by atoms with Gasteiger partial charge in [0, 0.05) is 44.8 Å². The fraction of sp³-hybridized carbons (Fsp3) is 0.286. The number of carbonyl (C=O) groups is 1. The van der Waals surface area contributed by atoms with Crippen LogP contribution >= 0.6 is 11.3 Å². The summed E-state index contributed by atoms with van der Waals surface area (Å²) in [5.41, 5.74) is 4.97. The Morgan fingerprint density at radius 3 is 2.32 bits per heavy atom. The van der Waals surface area contributed by atoms with E-state index in [0.717, 1.165) is 16.2 Å². The Morgan fingerprint density at radius 1 is 0.865 bits per heavy atom. The number of hydrogen-bond donors (Lipinski definition) is 0. The summed E-state index contributed by atoms with van der Waals surface area (Å²) in [5, 5.41) is 0.992. The first kappa shape index (κ1) is 24.1. The number of carbonyl (C=O) groups excluding carboxylic acids is 1. The maximum Gasteiger partial charge on any atom is 0.253 e. The van der Waals surface area contributed by atoms with Crippen LogP contribution in [0.1, 0.15) is 27.0 Å². The summed E-state index contributed by atoms with van der Waals surface area (Å²) in [4.78, 5) is 22.3. The summed E-state index contributed by atoms with van der Waals surface area (Å²) in [6, 6.07) is 20.6. The highest BCUT2D eigenvalue weighted by molar-refractivity contribution is 7.89. The Labute approximate surface area is 221 Å². The molecule has 0 aliphatic carbocycles. The third-order valence-electron chi connectivity index (χ3n) is 7.28. The Kier molecular flexibility index (Phi) is 6.22. The lowest BCUT2D eigenvalue weighted by Gasteiger charge is -2.34. The van der Waals surface area contributed by atoms with Crippen LogP contribution in [0.25, 0.3) is 10.2 Å². The molecule has 3 aromatic carbocycles. The largest absolute Gasteiger partial charge is 0.345 e. The summed E-state index contributed by atoms with van der Waals surface area (Å²) in [6.45, 7) is 5.53. The molecule has 0 spiro atoms. The first-order chi connectivity index (χ1) is 17.9. The summed E-state index contributed by atoms with van der Waals surface area (Å²) >= 11 is 1.69. The van der Waals surface area contributed by atoms with Crippen LogP contribution in [-0.4, -0.2) is 61.2 Å². The molecule has 0 N–H and O–H groups in total. The van der Waals surface area contributed by atoms with Crippen LogP contribution in [0.15, 0.2) is 71.6 Å². The van der Waals surface area contributed by atoms with Crippen molar-refractivity contribution in [1.82, 2.24) is 14.2 Å². The number of anilines is 1. The van der Waals surface area contributed by atoms with Gasteiger partial charge in [0.15, 0.2) is 5.13 Å². The van der Waals surface area contributed by atoms with Crippen LogP contribution in [0.5, 0.6) is 0 Å². The molecule has 1 fully saturated rings. The van der Waals surface area contributed by atoms with Gasteiger partial charge in [0.25, 0.3) is 5.91 Å². The zero-order chi connectivity index (χ0) is 25.6. The van der Waals surface area contributed by atoms with Crippen molar-refractivity contribution in [3.63, 3.8) is 0 Å². The Hall–Kier alpha value is -3.27. The molecule has 190 valence electrons. The van der Waals surface area contributed by atoms with Crippen LogP contribution in [0.2, 0.25) is 0 Å². The smallest absolute Gasteiger partial charge is 0.253 e. The number of nitrogens with zero attached hydrogens (tertiary/aromatic N) is 4. The number of fused-ring (bicyclic) bond motifs is 2. The predicted molar refractivity (Wildman–Crippen MR) is 147 cm³/mol. The third-order valence-corrected chi connectivity index (χ3v) is 10.2. The van der Waals surface area contributed by atoms with Gasteiger partial charge in [-0.05, 0) is 60.4 Å². The number of para-hydroxylation sites is 1. The van der Waals surface area contributed by atoms with Crippen molar-refractivity contribution >= 4 is 42.6 Å². The van der Waals surface area contributed by atoms with E-state index in [1.165, 1.54) is 20.1 Å². The molecule has 1 saturated heterocycles. The number of hydrogen-bond acceptors (Lipinski definition) is 6. The van der Waals surface area contributed by atoms with Gasteiger partial charge in [0.05, 0.1) is 15.1 Å². The topological polar surface area (TPSA) is 73.8 Å². The van der Waals surface area contributed by atoms with Gasteiger partial charge < -0.3 is 9.80 Å². The van der Waals surface area contributed by atoms with E-state index in [1.54, 1.807) is 35.6 Å². The molecule has 0 unspecified atom stereocenters. The number of thiazole rings is 1. The van der Waals surface area contributed by atoms with Crippen molar-refractivity contribution in [2.24, 2.45) is 0 Å². The monoisotopic (exact) mass is 532 g/mol. The van der Waals surface area contributed by atoms with E-state index in [9.17, 15) is 13.2 Å². The molecule has 37 heavy (non-hydrogen) atoms. The molecule has 0 bridgehead atoms. The first-order valence-electron chi connectivity index (χ1n) is 12.5. The van der Waals surface area contributed by atoms with E-state index in [2.05, 4.69) is 36.1 Å². The van der Waals surface area contributed by atoms with E-state index in [1.807, 2.05) is 23.1 Å². The standard InChI is InChI=1S/C28H28N4O3S2/c1-20-5-4-8-25-26(20)29-28(36-25)31-17-15-30(16-18-31)27(33)22-9-11-24(12-10-22)37(34,35)32-14-13-21-6-2-3-7-23(21)19-32/h2-12H,13-19H2,1H3. The number of benzene rings is 3. The number of piperazine rings is 1. The molecule has 0 radical (unpaired) electrons. The summed E-state index contributed by atoms with van der Waals surface area (Å²) in [7, 11) is -3.63. The van der Waals surface area contributed by atoms with E-state index >= 15 is 0 Å². The first-order valence-corrected chi connectivity index (χ1v) is 14.7. The van der Waals surface area contributed by atoms with Crippen molar-refractivity contribution in [2.75, 3.05) is 37.6 Å². The number of sulfonamides is 1. The Morgan fingerprint density at radius 2 is 1.59 bits per heavy atom. The molecule has 6 rings (SSSR count). The summed E-state index contributed by atoms with van der Waals surface area (Å²) < 4.78 is 29.2. The van der Waals surface area contributed by atoms with Gasteiger partial charge in [-0.25, -0.2) is 13.4 Å². The molecule has 1 amide bonds. The minimum atomic E-state index is -3.63. The zero-order valence-corrected chi connectivity index (χ0v) is 22.3. The minimum Gasteiger partial charge on any atom is -0.345 e. The minimum absolute atomic E-state index is 0.0735. The van der Waals surface area contributed by atoms with Gasteiger partial charge in [0.1, 0.15) is 0 Å². The Balaban J connectivity index is 1.11. The molecule has 0 saturated carbocycles. The van der Waals surface area contributed by atoms with Crippen molar-refractivity contribution in [2.45, 2.75) is 24.8 Å². The van der Waals surface area contributed by atoms with Gasteiger partial charge >= 0.3 is 0 Å². The highest BCUT2D eigenvalue weighted by Gasteiger charge is 2.29. The molecule has 9 heteroatoms. The second kappa shape index (κ2) is 9.55. The fourth-order valence-electron chi connectivity index (χ4n) is 5.09. The SMILES string of the molecule is Cc1cccc2sc(N3CCN(C(=O)c4ccc(S(=O)(=O)N5CCc6ccccc6C5)cc4)CC3)nc12. The van der Waals surface area contributed by atoms with Crippen LogP contribution in [-0.2, 0) is 23.0 Å². The third kappa shape index (κ3) is 4.52. The zero-order valence-electron chi connectivity index (χ0n) is 20.6. The van der Waals surface area contributed by atoms with Gasteiger partial charge in [-0.15, -0.1) is 0 Å². The summed E-state index contributed by atoms with van der Waals surface area (Å²) in [6.07, 6.45) is 0.703. The predicted octanol–water partition coefficient (Wildman–Crippen LogP) is 4.31. The fourth-order valence-corrected chi connectivity index (χ4v) is 7.60. The Bertz CT molecular complexity index is 1570. The van der Waals surface area contributed by atoms with Crippen molar-refractivity contribution in [3.05, 3.63) is 89.0 Å². The number of amides is 1. The van der Waals surface area contributed by atoms with E-state index in [4.69, 9.17) is 4.98 Å². The number of rotatable bonds is 4. The van der Waals surface area contributed by atoms with Gasteiger partial charge in [-0.2, -0.15) is 4.31 Å². The van der Waals surface area contributed by atoms with E-state index in [-0.39, 0.29) is 10.8 Å². The van der Waals surface area contributed by atoms with Gasteiger partial charge in [0.2, 0.25) is 10.0 Å². The lowest BCUT2D eigenvalue weighted by atomic mass is 10.0. The lowest BCUT2D eigenvalue weighted by Crippen LogP contribution is -2.48. The van der Waals surface area contributed by atoms with Crippen LogP contribution in [0, 0.1) is 6.92 Å². The van der Waals surface area contributed by atoms with Gasteiger partial charge in [-0.1, -0.05) is 47.7 Å². The van der Waals surface area contributed by atoms with Crippen LogP contribution < -0.4 is 4.90 Å². The average Bonchev–Trinajstić information content (AvgIpc) is 3.38. The lowest BCUT2D eigenvalue weighted by molar-refractivity contribution is 0.0746. The quantitative estimate of drug-likeness (QED) is 0.392. The molecule has 4 aromatic rings. The van der Waals surface area contributed by atoms with Crippen LogP contribution in [0.4, 0.5) is 5.13 Å². The normalized spacial score (nSPS) is 16.7. The van der Waals surface area contributed by atoms with E-state index < -0.39 is 10.0 Å². The van der Waals surface area contributed by atoms with Crippen LogP contribution in [0.3, 0.4) is 0 Å². The maximum absolute atomic E-state index is 13.3. The molecule has 0 atom stereocenters. The molecule has 7 nitrogen and oxygen atoms in total. The number of aryl methyl sites for hydroxylation is 1. The van der Waals surface area contributed by atoms with Crippen molar-refractivity contribution in [3.8, 4) is 0 Å². The second-order valence-electron chi connectivity index (χ2n) is 9.58. The molecule has 3 heterocycles. The molecule has 2 aliphatic rings. The molecular weight excluding hydrogens is 504 g/mol. The van der Waals surface area contributed by atoms with Crippen molar-refractivity contribution < 1.29 is 13.2 Å². The van der Waals surface area contributed by atoms with Gasteiger partial charge in [-0.3, -0.25) is 4.79 Å². The highest BCUT2D eigenvalue weighted by atomic mass is 32.2. The molecule has 2 aliphatic heterocycles.